The summed E-state index contributed by atoms with van der Waals surface area (Å²) in [5.41, 5.74) is 2.93. The van der Waals surface area contributed by atoms with E-state index in [9.17, 15) is 14.7 Å². The molecule has 4 rings (SSSR count). The zero-order valence-corrected chi connectivity index (χ0v) is 18.2. The summed E-state index contributed by atoms with van der Waals surface area (Å²) in [5, 5.41) is 11.4. The van der Waals surface area contributed by atoms with E-state index < -0.39 is 17.7 Å². The van der Waals surface area contributed by atoms with Gasteiger partial charge in [-0.15, -0.1) is 0 Å². The first-order valence-corrected chi connectivity index (χ1v) is 10.3. The average molecular weight is 469 g/mol. The van der Waals surface area contributed by atoms with Crippen molar-refractivity contribution in [3.05, 3.63) is 75.6 Å². The molecule has 6 nitrogen and oxygen atoms in total. The predicted octanol–water partition coefficient (Wildman–Crippen LogP) is 4.47. The summed E-state index contributed by atoms with van der Waals surface area (Å²) >= 11 is 3.41. The monoisotopic (exact) mass is 468 g/mol. The van der Waals surface area contributed by atoms with E-state index >= 15 is 0 Å². The average Bonchev–Trinajstić information content (AvgIpc) is 3.25. The van der Waals surface area contributed by atoms with E-state index in [-0.39, 0.29) is 11.4 Å². The Balaban J connectivity index is 1.66. The molecule has 0 unspecified atom stereocenters. The van der Waals surface area contributed by atoms with Crippen molar-refractivity contribution in [3.63, 3.8) is 0 Å². The number of rotatable bonds is 6. The van der Waals surface area contributed by atoms with E-state index in [0.29, 0.717) is 13.0 Å². The van der Waals surface area contributed by atoms with Crippen LogP contribution < -0.4 is 4.74 Å². The van der Waals surface area contributed by atoms with E-state index in [2.05, 4.69) is 20.9 Å². The molecule has 1 atom stereocenters. The normalized spacial score (nSPS) is 16.6. The molecule has 3 aromatic rings. The quantitative estimate of drug-likeness (QED) is 0.559. The van der Waals surface area contributed by atoms with Gasteiger partial charge in [-0.05, 0) is 54.8 Å². The molecule has 1 aromatic heterocycles. The molecular weight excluding hydrogens is 448 g/mol. The van der Waals surface area contributed by atoms with Crippen LogP contribution in [0.3, 0.4) is 0 Å². The number of carbonyl (C=O) groups is 2. The van der Waals surface area contributed by atoms with E-state index in [4.69, 9.17) is 4.74 Å². The Bertz CT molecular complexity index is 1160. The molecule has 7 heteroatoms. The van der Waals surface area contributed by atoms with Crippen molar-refractivity contribution in [1.82, 2.24) is 9.88 Å². The van der Waals surface area contributed by atoms with Gasteiger partial charge in [0.05, 0.1) is 18.7 Å². The first-order valence-electron chi connectivity index (χ1n) is 9.55. The Morgan fingerprint density at radius 2 is 1.97 bits per heavy atom. The predicted molar refractivity (Wildman–Crippen MR) is 117 cm³/mol. The molecule has 0 saturated heterocycles. The minimum Gasteiger partial charge on any atom is -0.503 e. The topological polar surface area (TPSA) is 82.6 Å². The number of H-pyrrole nitrogens is 1. The summed E-state index contributed by atoms with van der Waals surface area (Å²) in [5.74, 6) is -0.541. The van der Waals surface area contributed by atoms with E-state index in [0.717, 1.165) is 32.3 Å². The van der Waals surface area contributed by atoms with Crippen molar-refractivity contribution in [1.29, 1.82) is 0 Å². The summed E-state index contributed by atoms with van der Waals surface area (Å²) < 4.78 is 6.22. The van der Waals surface area contributed by atoms with Crippen LogP contribution in [0.2, 0.25) is 0 Å². The zero-order chi connectivity index (χ0) is 21.4. The number of ketones is 1. The Kier molecular flexibility index (Phi) is 5.39. The number of aromatic amines is 1. The van der Waals surface area contributed by atoms with Crippen molar-refractivity contribution in [2.75, 3.05) is 13.7 Å². The van der Waals surface area contributed by atoms with Gasteiger partial charge in [-0.1, -0.05) is 28.1 Å². The Hall–Kier alpha value is -3.06. The smallest absolute Gasteiger partial charge is 0.290 e. The SMILES string of the molecule is COc1ccc2[nH]cc(CCN3C(=O)C(O)=C(C(C)=O)[C@@H]3c3ccc(Br)cc3)c2c1. The molecule has 0 bridgehead atoms. The second kappa shape index (κ2) is 7.99. The van der Waals surface area contributed by atoms with Crippen LogP contribution in [0.15, 0.2) is 64.5 Å². The summed E-state index contributed by atoms with van der Waals surface area (Å²) in [4.78, 5) is 29.9. The maximum Gasteiger partial charge on any atom is 0.290 e. The van der Waals surface area contributed by atoms with Gasteiger partial charge in [0.25, 0.3) is 5.91 Å². The third kappa shape index (κ3) is 3.50. The number of hydrogen-bond acceptors (Lipinski definition) is 4. The number of hydrogen-bond donors (Lipinski definition) is 2. The largest absolute Gasteiger partial charge is 0.503 e. The molecule has 0 radical (unpaired) electrons. The molecule has 0 saturated carbocycles. The molecular formula is C23H21BrN2O4. The number of benzene rings is 2. The Labute approximate surface area is 182 Å². The number of carbonyl (C=O) groups excluding carboxylic acids is 2. The number of fused-ring (bicyclic) bond motifs is 1. The number of aliphatic hydroxyl groups excluding tert-OH is 1. The number of aromatic nitrogens is 1. The van der Waals surface area contributed by atoms with Crippen LogP contribution in [0.1, 0.15) is 24.1 Å². The standard InChI is InChI=1S/C23H21BrN2O4/c1-13(27)20-21(14-3-5-16(24)6-4-14)26(23(29)22(20)28)10-9-15-12-25-19-8-7-17(30-2)11-18(15)19/h3-8,11-12,21,25,28H,9-10H2,1-2H3/t21-/m0/s1. The highest BCUT2D eigenvalue weighted by Crippen LogP contribution is 2.38. The van der Waals surface area contributed by atoms with Gasteiger partial charge in [-0.3, -0.25) is 9.59 Å². The lowest BCUT2D eigenvalue weighted by molar-refractivity contribution is -0.129. The van der Waals surface area contributed by atoms with Crippen molar-refractivity contribution in [2.45, 2.75) is 19.4 Å². The second-order valence-corrected chi connectivity index (χ2v) is 8.16. The number of halogens is 1. The van der Waals surface area contributed by atoms with Crippen LogP contribution in [-0.4, -0.2) is 40.3 Å². The molecule has 154 valence electrons. The van der Waals surface area contributed by atoms with Crippen LogP contribution in [0.25, 0.3) is 10.9 Å². The Morgan fingerprint density at radius 1 is 1.23 bits per heavy atom. The van der Waals surface area contributed by atoms with Gasteiger partial charge < -0.3 is 19.7 Å². The maximum atomic E-state index is 12.8. The lowest BCUT2D eigenvalue weighted by Gasteiger charge is -2.26. The van der Waals surface area contributed by atoms with Gasteiger partial charge in [-0.2, -0.15) is 0 Å². The van der Waals surface area contributed by atoms with Gasteiger partial charge in [-0.25, -0.2) is 0 Å². The fourth-order valence-corrected chi connectivity index (χ4v) is 4.23. The number of methoxy groups -OCH3 is 1. The van der Waals surface area contributed by atoms with Crippen LogP contribution in [0.4, 0.5) is 0 Å². The lowest BCUT2D eigenvalue weighted by atomic mass is 9.96. The van der Waals surface area contributed by atoms with Crippen molar-refractivity contribution >= 4 is 38.5 Å². The second-order valence-electron chi connectivity index (χ2n) is 7.25. The fourth-order valence-electron chi connectivity index (χ4n) is 3.97. The number of ether oxygens (including phenoxy) is 1. The first-order chi connectivity index (χ1) is 14.4. The van der Waals surface area contributed by atoms with Crippen LogP contribution in [-0.2, 0) is 16.0 Å². The molecule has 1 aliphatic heterocycles. The highest BCUT2D eigenvalue weighted by molar-refractivity contribution is 9.10. The molecule has 0 aliphatic carbocycles. The highest BCUT2D eigenvalue weighted by atomic mass is 79.9. The molecule has 2 N–H and O–H groups in total. The first kappa shape index (κ1) is 20.2. The fraction of sp³-hybridized carbons (Fsp3) is 0.217. The van der Waals surface area contributed by atoms with E-state index in [1.165, 1.54) is 6.92 Å². The number of nitrogens with zero attached hydrogens (tertiary/aromatic N) is 1. The van der Waals surface area contributed by atoms with Crippen molar-refractivity contribution in [2.24, 2.45) is 0 Å². The number of amides is 1. The summed E-state index contributed by atoms with van der Waals surface area (Å²) in [6, 6.07) is 12.6. The van der Waals surface area contributed by atoms with Crippen LogP contribution in [0, 0.1) is 0 Å². The van der Waals surface area contributed by atoms with Crippen LogP contribution >= 0.6 is 15.9 Å². The van der Waals surface area contributed by atoms with Gasteiger partial charge in [0.1, 0.15) is 5.75 Å². The summed E-state index contributed by atoms with van der Waals surface area (Å²) in [6.07, 6.45) is 2.48. The number of nitrogens with one attached hydrogen (secondary N) is 1. The lowest BCUT2D eigenvalue weighted by Crippen LogP contribution is -2.32. The van der Waals surface area contributed by atoms with Gasteiger partial charge >= 0.3 is 0 Å². The maximum absolute atomic E-state index is 12.8. The molecule has 1 aliphatic rings. The van der Waals surface area contributed by atoms with Crippen molar-refractivity contribution < 1.29 is 19.4 Å². The summed E-state index contributed by atoms with van der Waals surface area (Å²) in [6.45, 7) is 1.73. The van der Waals surface area contributed by atoms with E-state index in [1.54, 1.807) is 12.0 Å². The van der Waals surface area contributed by atoms with Crippen LogP contribution in [0.5, 0.6) is 5.75 Å². The number of aliphatic hydroxyl groups is 1. The zero-order valence-electron chi connectivity index (χ0n) is 16.6. The molecule has 0 fully saturated rings. The van der Waals surface area contributed by atoms with Crippen molar-refractivity contribution in [3.8, 4) is 5.75 Å². The molecule has 30 heavy (non-hydrogen) atoms. The number of Topliss-reactive ketones (excluding diaryl/α,β-unsaturated/α-hetero) is 1. The summed E-state index contributed by atoms with van der Waals surface area (Å²) in [7, 11) is 1.62. The third-order valence-corrected chi connectivity index (χ3v) is 5.99. The minimum absolute atomic E-state index is 0.142. The third-order valence-electron chi connectivity index (χ3n) is 5.47. The molecule has 2 heterocycles. The molecule has 0 spiro atoms. The minimum atomic E-state index is -0.608. The molecule has 1 amide bonds. The Morgan fingerprint density at radius 3 is 2.63 bits per heavy atom. The molecule has 2 aromatic carbocycles. The van der Waals surface area contributed by atoms with Gasteiger partial charge in [0, 0.05) is 28.1 Å². The van der Waals surface area contributed by atoms with Gasteiger partial charge in [0.2, 0.25) is 0 Å². The van der Waals surface area contributed by atoms with E-state index in [1.807, 2.05) is 48.7 Å². The van der Waals surface area contributed by atoms with Gasteiger partial charge in [0.15, 0.2) is 11.5 Å². The highest BCUT2D eigenvalue weighted by Gasteiger charge is 2.42.